The van der Waals surface area contributed by atoms with Crippen LogP contribution < -0.4 is 5.73 Å². The molecule has 1 heterocycles. The van der Waals surface area contributed by atoms with E-state index in [0.29, 0.717) is 5.41 Å². The van der Waals surface area contributed by atoms with Crippen LogP contribution in [0.5, 0.6) is 0 Å². The lowest BCUT2D eigenvalue weighted by Crippen LogP contribution is -2.54. The van der Waals surface area contributed by atoms with Gasteiger partial charge in [-0.05, 0) is 38.0 Å². The Bertz CT molecular complexity index is 429. The fourth-order valence-electron chi connectivity index (χ4n) is 3.24. The Morgan fingerprint density at radius 1 is 1.35 bits per heavy atom. The van der Waals surface area contributed by atoms with Gasteiger partial charge in [-0.1, -0.05) is 13.8 Å². The summed E-state index contributed by atoms with van der Waals surface area (Å²) in [5, 5.41) is 0. The first-order valence-electron chi connectivity index (χ1n) is 7.74. The molecule has 2 N–H and O–H groups in total. The maximum absolute atomic E-state index is 6.54. The second kappa shape index (κ2) is 5.86. The summed E-state index contributed by atoms with van der Waals surface area (Å²) < 4.78 is 8.20. The van der Waals surface area contributed by atoms with Crippen LogP contribution in [0.2, 0.25) is 0 Å². The van der Waals surface area contributed by atoms with Gasteiger partial charge < -0.3 is 15.0 Å². The van der Waals surface area contributed by atoms with Crippen LogP contribution in [0.15, 0.2) is 12.4 Å². The van der Waals surface area contributed by atoms with Gasteiger partial charge in [0.15, 0.2) is 0 Å². The summed E-state index contributed by atoms with van der Waals surface area (Å²) in [7, 11) is 2.02. The molecule has 1 atom stereocenters. The number of hydrogen-bond donors (Lipinski definition) is 1. The Kier molecular flexibility index (Phi) is 4.55. The molecule has 0 amide bonds. The third kappa shape index (κ3) is 3.23. The monoisotopic (exact) mass is 279 g/mol. The van der Waals surface area contributed by atoms with Crippen molar-refractivity contribution in [2.45, 2.75) is 64.5 Å². The molecule has 1 saturated carbocycles. The van der Waals surface area contributed by atoms with Gasteiger partial charge in [0.05, 0.1) is 5.60 Å². The normalized spacial score (nSPS) is 22.6. The zero-order chi connectivity index (χ0) is 14.8. The molecule has 1 aliphatic rings. The molecule has 2 rings (SSSR count). The molecule has 1 fully saturated rings. The molecule has 1 aromatic heterocycles. The van der Waals surface area contributed by atoms with Crippen LogP contribution in [-0.2, 0) is 18.2 Å². The molecule has 0 bridgehead atoms. The van der Waals surface area contributed by atoms with E-state index >= 15 is 0 Å². The molecule has 0 aliphatic heterocycles. The minimum absolute atomic E-state index is 0.0136. The number of nitrogens with two attached hydrogens (primary N) is 1. The highest BCUT2D eigenvalue weighted by atomic mass is 16.5. The Morgan fingerprint density at radius 2 is 2.00 bits per heavy atom. The summed E-state index contributed by atoms with van der Waals surface area (Å²) in [6.07, 6.45) is 9.06. The number of nitrogens with zero attached hydrogens (tertiary/aromatic N) is 2. The molecular formula is C16H29N3O. The SMILES string of the molecule is CCOC1(C(N)Cc2nccn2C)CCC(C)(C)CC1. The summed E-state index contributed by atoms with van der Waals surface area (Å²) >= 11 is 0. The number of imidazole rings is 1. The standard InChI is InChI=1S/C16H29N3O/c1-5-20-16(8-6-15(2,3)7-9-16)13(17)12-14-18-10-11-19(14)4/h10-11,13H,5-9,12,17H2,1-4H3. The van der Waals surface area contributed by atoms with Gasteiger partial charge in [0.1, 0.15) is 5.82 Å². The molecule has 1 aliphatic carbocycles. The van der Waals surface area contributed by atoms with E-state index < -0.39 is 0 Å². The maximum atomic E-state index is 6.54. The van der Waals surface area contributed by atoms with Crippen molar-refractivity contribution in [3.8, 4) is 0 Å². The first-order valence-corrected chi connectivity index (χ1v) is 7.74. The van der Waals surface area contributed by atoms with E-state index in [0.717, 1.165) is 31.7 Å². The quantitative estimate of drug-likeness (QED) is 0.901. The zero-order valence-electron chi connectivity index (χ0n) is 13.4. The lowest BCUT2D eigenvalue weighted by molar-refractivity contribution is -0.0990. The first-order chi connectivity index (χ1) is 9.38. The summed E-state index contributed by atoms with van der Waals surface area (Å²) in [4.78, 5) is 4.40. The predicted octanol–water partition coefficient (Wildman–Crippen LogP) is 2.67. The highest BCUT2D eigenvalue weighted by molar-refractivity contribution is 5.03. The summed E-state index contributed by atoms with van der Waals surface area (Å²) in [6, 6.07) is 0.0136. The van der Waals surface area contributed by atoms with Crippen molar-refractivity contribution in [3.05, 3.63) is 18.2 Å². The smallest absolute Gasteiger partial charge is 0.110 e. The molecule has 114 valence electrons. The topological polar surface area (TPSA) is 53.1 Å². The highest BCUT2D eigenvalue weighted by Crippen LogP contribution is 2.43. The lowest BCUT2D eigenvalue weighted by Gasteiger charge is -2.46. The zero-order valence-corrected chi connectivity index (χ0v) is 13.4. The van der Waals surface area contributed by atoms with Gasteiger partial charge in [-0.2, -0.15) is 0 Å². The van der Waals surface area contributed by atoms with E-state index in [9.17, 15) is 0 Å². The molecular weight excluding hydrogens is 250 g/mol. The Labute approximate surface area is 122 Å². The third-order valence-electron chi connectivity index (χ3n) is 4.88. The highest BCUT2D eigenvalue weighted by Gasteiger charge is 2.43. The minimum Gasteiger partial charge on any atom is -0.374 e. The number of ether oxygens (including phenoxy) is 1. The van der Waals surface area contributed by atoms with E-state index in [2.05, 4.69) is 25.8 Å². The minimum atomic E-state index is -0.170. The average molecular weight is 279 g/mol. The van der Waals surface area contributed by atoms with Crippen LogP contribution in [-0.4, -0.2) is 27.8 Å². The number of hydrogen-bond acceptors (Lipinski definition) is 3. The van der Waals surface area contributed by atoms with Gasteiger partial charge >= 0.3 is 0 Å². The molecule has 0 aromatic carbocycles. The van der Waals surface area contributed by atoms with Gasteiger partial charge in [-0.3, -0.25) is 0 Å². The van der Waals surface area contributed by atoms with Crippen molar-refractivity contribution in [1.29, 1.82) is 0 Å². The van der Waals surface area contributed by atoms with Gasteiger partial charge in [0.2, 0.25) is 0 Å². The first kappa shape index (κ1) is 15.5. The van der Waals surface area contributed by atoms with E-state index in [4.69, 9.17) is 10.5 Å². The fraction of sp³-hybridized carbons (Fsp3) is 0.812. The molecule has 1 aromatic rings. The van der Waals surface area contributed by atoms with Crippen LogP contribution in [0.1, 0.15) is 52.3 Å². The molecule has 0 saturated heterocycles. The van der Waals surface area contributed by atoms with E-state index in [1.54, 1.807) is 0 Å². The molecule has 1 unspecified atom stereocenters. The Balaban J connectivity index is 2.10. The predicted molar refractivity (Wildman–Crippen MR) is 81.5 cm³/mol. The van der Waals surface area contributed by atoms with Crippen molar-refractivity contribution < 1.29 is 4.74 Å². The van der Waals surface area contributed by atoms with E-state index in [1.165, 1.54) is 12.8 Å². The Hall–Kier alpha value is -0.870. The number of aromatic nitrogens is 2. The largest absolute Gasteiger partial charge is 0.374 e. The van der Waals surface area contributed by atoms with Crippen molar-refractivity contribution in [2.75, 3.05) is 6.61 Å². The van der Waals surface area contributed by atoms with Crippen LogP contribution in [0, 0.1) is 5.41 Å². The third-order valence-corrected chi connectivity index (χ3v) is 4.88. The van der Waals surface area contributed by atoms with Gasteiger partial charge in [-0.15, -0.1) is 0 Å². The van der Waals surface area contributed by atoms with Gasteiger partial charge in [0.25, 0.3) is 0 Å². The second-order valence-electron chi connectivity index (χ2n) is 6.93. The van der Waals surface area contributed by atoms with Crippen LogP contribution in [0.3, 0.4) is 0 Å². The maximum Gasteiger partial charge on any atom is 0.110 e. The van der Waals surface area contributed by atoms with E-state index in [-0.39, 0.29) is 11.6 Å². The van der Waals surface area contributed by atoms with Crippen LogP contribution in [0.25, 0.3) is 0 Å². The molecule has 4 nitrogen and oxygen atoms in total. The summed E-state index contributed by atoms with van der Waals surface area (Å²) in [5.41, 5.74) is 6.79. The number of rotatable bonds is 5. The Morgan fingerprint density at radius 3 is 2.50 bits per heavy atom. The van der Waals surface area contributed by atoms with Crippen molar-refractivity contribution >= 4 is 0 Å². The molecule has 20 heavy (non-hydrogen) atoms. The van der Waals surface area contributed by atoms with Crippen LogP contribution in [0.4, 0.5) is 0 Å². The van der Waals surface area contributed by atoms with Crippen molar-refractivity contribution in [2.24, 2.45) is 18.2 Å². The molecule has 0 radical (unpaired) electrons. The lowest BCUT2D eigenvalue weighted by atomic mass is 9.68. The molecule has 0 spiro atoms. The average Bonchev–Trinajstić information content (AvgIpc) is 2.78. The van der Waals surface area contributed by atoms with Crippen LogP contribution >= 0.6 is 0 Å². The number of aryl methyl sites for hydroxylation is 1. The van der Waals surface area contributed by atoms with Gasteiger partial charge in [-0.25, -0.2) is 4.98 Å². The van der Waals surface area contributed by atoms with Crippen molar-refractivity contribution in [1.82, 2.24) is 9.55 Å². The van der Waals surface area contributed by atoms with E-state index in [1.807, 2.05) is 24.0 Å². The summed E-state index contributed by atoms with van der Waals surface area (Å²) in [5.74, 6) is 1.04. The summed E-state index contributed by atoms with van der Waals surface area (Å²) in [6.45, 7) is 7.48. The van der Waals surface area contributed by atoms with Crippen molar-refractivity contribution in [3.63, 3.8) is 0 Å². The van der Waals surface area contributed by atoms with Gasteiger partial charge in [0, 0.05) is 38.5 Å². The second-order valence-corrected chi connectivity index (χ2v) is 6.93. The fourth-order valence-corrected chi connectivity index (χ4v) is 3.24. The molecule has 4 heteroatoms.